The van der Waals surface area contributed by atoms with Gasteiger partial charge in [0.15, 0.2) is 23.1 Å². The third-order valence-corrected chi connectivity index (χ3v) is 5.31. The molecule has 0 atom stereocenters. The Balaban J connectivity index is 1.75. The smallest absolute Gasteiger partial charge is 0.337 e. The van der Waals surface area contributed by atoms with Crippen LogP contribution in [0.15, 0.2) is 59.8 Å². The molecule has 1 aromatic heterocycles. The number of urea groups is 1. The van der Waals surface area contributed by atoms with Gasteiger partial charge in [0.25, 0.3) is 0 Å². The van der Waals surface area contributed by atoms with Gasteiger partial charge in [-0.15, -0.1) is 0 Å². The summed E-state index contributed by atoms with van der Waals surface area (Å²) in [6, 6.07) is 13.7. The number of aromatic nitrogens is 1. The third-order valence-electron chi connectivity index (χ3n) is 5.31. The average molecular weight is 449 g/mol. The van der Waals surface area contributed by atoms with Gasteiger partial charge in [0.05, 0.1) is 26.5 Å². The number of rotatable bonds is 5. The highest BCUT2D eigenvalue weighted by Crippen LogP contribution is 2.33. The Morgan fingerprint density at radius 1 is 1.09 bits per heavy atom. The maximum absolute atomic E-state index is 13.9. The van der Waals surface area contributed by atoms with Crippen molar-refractivity contribution >= 4 is 23.2 Å². The van der Waals surface area contributed by atoms with E-state index in [-0.39, 0.29) is 11.8 Å². The standard InChI is InChI=1S/C24H24FN5O3/c1-26-24(31)30-12-10-16-13-20(32-2)21(33-3)14-18(16)22(29-30)15-6-8-17(9-7-15)28-23-19(25)5-4-11-27-23/h4-9,11,13-14H,10,12H2,1-3H3,(H,26,31)(H,27,28). The zero-order chi connectivity index (χ0) is 23.4. The van der Waals surface area contributed by atoms with Crippen molar-refractivity contribution in [3.8, 4) is 11.5 Å². The van der Waals surface area contributed by atoms with Crippen molar-refractivity contribution in [3.63, 3.8) is 0 Å². The Hall–Kier alpha value is -4.14. The van der Waals surface area contributed by atoms with Crippen LogP contribution in [0.4, 0.5) is 20.7 Å². The average Bonchev–Trinajstić information content (AvgIpc) is 3.04. The van der Waals surface area contributed by atoms with Crippen LogP contribution in [0.25, 0.3) is 0 Å². The van der Waals surface area contributed by atoms with Crippen LogP contribution in [-0.4, -0.2) is 49.5 Å². The van der Waals surface area contributed by atoms with Crippen LogP contribution in [0.1, 0.15) is 16.7 Å². The van der Waals surface area contributed by atoms with E-state index >= 15 is 0 Å². The molecule has 0 fully saturated rings. The summed E-state index contributed by atoms with van der Waals surface area (Å²) in [5.74, 6) is 0.887. The Labute approximate surface area is 191 Å². The molecule has 8 nitrogen and oxygen atoms in total. The first-order valence-electron chi connectivity index (χ1n) is 10.3. The van der Waals surface area contributed by atoms with Crippen LogP contribution in [0.2, 0.25) is 0 Å². The number of nitrogens with one attached hydrogen (secondary N) is 2. The number of benzene rings is 2. The molecule has 0 saturated carbocycles. The maximum atomic E-state index is 13.9. The van der Waals surface area contributed by atoms with Crippen molar-refractivity contribution < 1.29 is 18.7 Å². The molecule has 2 N–H and O–H groups in total. The molecule has 33 heavy (non-hydrogen) atoms. The quantitative estimate of drug-likeness (QED) is 0.616. The summed E-state index contributed by atoms with van der Waals surface area (Å²) in [5, 5.41) is 11.7. The zero-order valence-electron chi connectivity index (χ0n) is 18.6. The molecule has 2 aromatic carbocycles. The first-order valence-corrected chi connectivity index (χ1v) is 10.3. The van der Waals surface area contributed by atoms with Crippen LogP contribution in [0.3, 0.4) is 0 Å². The van der Waals surface area contributed by atoms with Crippen molar-refractivity contribution in [1.82, 2.24) is 15.3 Å². The summed E-state index contributed by atoms with van der Waals surface area (Å²) >= 11 is 0. The monoisotopic (exact) mass is 449 g/mol. The van der Waals surface area contributed by atoms with Gasteiger partial charge in [0.2, 0.25) is 0 Å². The maximum Gasteiger partial charge on any atom is 0.337 e. The Kier molecular flexibility index (Phi) is 6.39. The van der Waals surface area contributed by atoms with Gasteiger partial charge in [0.1, 0.15) is 0 Å². The second-order valence-corrected chi connectivity index (χ2v) is 7.28. The summed E-state index contributed by atoms with van der Waals surface area (Å²) < 4.78 is 24.9. The van der Waals surface area contributed by atoms with Crippen molar-refractivity contribution in [3.05, 3.63) is 77.2 Å². The van der Waals surface area contributed by atoms with Gasteiger partial charge >= 0.3 is 6.03 Å². The van der Waals surface area contributed by atoms with Crippen LogP contribution >= 0.6 is 0 Å². The first kappa shape index (κ1) is 22.1. The van der Waals surface area contributed by atoms with Crippen molar-refractivity contribution in [2.45, 2.75) is 6.42 Å². The van der Waals surface area contributed by atoms with Gasteiger partial charge in [-0.3, -0.25) is 0 Å². The van der Waals surface area contributed by atoms with Crippen molar-refractivity contribution in [1.29, 1.82) is 0 Å². The molecule has 4 rings (SSSR count). The molecule has 1 aliphatic heterocycles. The molecular formula is C24H24FN5O3. The van der Waals surface area contributed by atoms with Gasteiger partial charge in [-0.1, -0.05) is 12.1 Å². The number of nitrogens with zero attached hydrogens (tertiary/aromatic N) is 3. The molecule has 9 heteroatoms. The predicted octanol–water partition coefficient (Wildman–Crippen LogP) is 3.93. The van der Waals surface area contributed by atoms with E-state index in [4.69, 9.17) is 9.47 Å². The highest BCUT2D eigenvalue weighted by atomic mass is 19.1. The van der Waals surface area contributed by atoms with Crippen molar-refractivity contribution in [2.75, 3.05) is 33.1 Å². The Morgan fingerprint density at radius 3 is 2.48 bits per heavy atom. The molecule has 170 valence electrons. The summed E-state index contributed by atoms with van der Waals surface area (Å²) in [5.41, 5.74) is 3.89. The fourth-order valence-electron chi connectivity index (χ4n) is 3.61. The van der Waals surface area contributed by atoms with E-state index < -0.39 is 5.82 Å². The van der Waals surface area contributed by atoms with E-state index in [1.165, 1.54) is 23.3 Å². The lowest BCUT2D eigenvalue weighted by Crippen LogP contribution is -2.35. The number of ether oxygens (including phenoxy) is 2. The SMILES string of the molecule is CNC(=O)N1CCc2cc(OC)c(OC)cc2C(c2ccc(Nc3ncccc3F)cc2)=N1. The Morgan fingerprint density at radius 2 is 1.82 bits per heavy atom. The minimum Gasteiger partial charge on any atom is -0.493 e. The second-order valence-electron chi connectivity index (χ2n) is 7.28. The highest BCUT2D eigenvalue weighted by molar-refractivity contribution is 6.14. The van der Waals surface area contributed by atoms with E-state index in [1.54, 1.807) is 21.3 Å². The van der Waals surface area contributed by atoms with Crippen molar-refractivity contribution in [2.24, 2.45) is 5.10 Å². The number of amides is 2. The van der Waals surface area contributed by atoms with Crippen LogP contribution in [0.5, 0.6) is 11.5 Å². The second kappa shape index (κ2) is 9.56. The number of hydrogen-bond donors (Lipinski definition) is 2. The molecule has 0 bridgehead atoms. The lowest BCUT2D eigenvalue weighted by Gasteiger charge is -2.16. The van der Waals surface area contributed by atoms with E-state index in [0.717, 1.165) is 16.7 Å². The fourth-order valence-corrected chi connectivity index (χ4v) is 3.61. The molecule has 2 amide bonds. The number of fused-ring (bicyclic) bond motifs is 1. The molecule has 1 aliphatic rings. The van der Waals surface area contributed by atoms with E-state index in [2.05, 4.69) is 20.7 Å². The summed E-state index contributed by atoms with van der Waals surface area (Å²) in [7, 11) is 4.73. The molecule has 3 aromatic rings. The predicted molar refractivity (Wildman–Crippen MR) is 124 cm³/mol. The molecule has 0 spiro atoms. The fraction of sp³-hybridized carbons (Fsp3) is 0.208. The van der Waals surface area contributed by atoms with Crippen LogP contribution in [0, 0.1) is 5.82 Å². The number of carbonyl (C=O) groups is 1. The molecular weight excluding hydrogens is 425 g/mol. The molecule has 0 aliphatic carbocycles. The number of anilines is 2. The number of hydrazone groups is 1. The lowest BCUT2D eigenvalue weighted by molar-refractivity contribution is 0.203. The molecule has 0 unspecified atom stereocenters. The normalized spacial score (nSPS) is 12.8. The van der Waals surface area contributed by atoms with Crippen LogP contribution < -0.4 is 20.1 Å². The largest absolute Gasteiger partial charge is 0.493 e. The third kappa shape index (κ3) is 4.57. The van der Waals surface area contributed by atoms with Gasteiger partial charge in [-0.25, -0.2) is 19.2 Å². The summed E-state index contributed by atoms with van der Waals surface area (Å²) in [6.07, 6.45) is 2.11. The summed E-state index contributed by atoms with van der Waals surface area (Å²) in [4.78, 5) is 16.4. The zero-order valence-corrected chi connectivity index (χ0v) is 18.6. The number of halogens is 1. The van der Waals surface area contributed by atoms with E-state index in [0.29, 0.717) is 35.9 Å². The van der Waals surface area contributed by atoms with Gasteiger partial charge in [-0.05, 0) is 48.4 Å². The number of pyridine rings is 1. The minimum absolute atomic E-state index is 0.144. The van der Waals surface area contributed by atoms with Gasteiger partial charge in [0, 0.05) is 30.1 Å². The topological polar surface area (TPSA) is 88.1 Å². The minimum atomic E-state index is -0.439. The first-order chi connectivity index (χ1) is 16.0. The van der Waals surface area contributed by atoms with Gasteiger partial charge < -0.3 is 20.1 Å². The summed E-state index contributed by atoms with van der Waals surface area (Å²) in [6.45, 7) is 0.407. The lowest BCUT2D eigenvalue weighted by atomic mass is 9.95. The van der Waals surface area contributed by atoms with Gasteiger partial charge in [-0.2, -0.15) is 5.10 Å². The highest BCUT2D eigenvalue weighted by Gasteiger charge is 2.24. The van der Waals surface area contributed by atoms with E-state index in [1.807, 2.05) is 36.4 Å². The molecule has 0 radical (unpaired) electrons. The number of carbonyl (C=O) groups excluding carboxylic acids is 1. The molecule has 0 saturated heterocycles. The molecule has 2 heterocycles. The number of methoxy groups -OCH3 is 2. The van der Waals surface area contributed by atoms with Crippen LogP contribution in [-0.2, 0) is 6.42 Å². The van der Waals surface area contributed by atoms with E-state index in [9.17, 15) is 9.18 Å². The number of hydrogen-bond acceptors (Lipinski definition) is 6. The Bertz CT molecular complexity index is 1200.